The van der Waals surface area contributed by atoms with E-state index in [0.717, 1.165) is 17.1 Å². The molecule has 0 saturated carbocycles. The Morgan fingerprint density at radius 1 is 1.59 bits per heavy atom. The first-order chi connectivity index (χ1) is 8.02. The van der Waals surface area contributed by atoms with E-state index in [0.29, 0.717) is 13.1 Å². The van der Waals surface area contributed by atoms with Gasteiger partial charge in [0.05, 0.1) is 29.8 Å². The van der Waals surface area contributed by atoms with Crippen molar-refractivity contribution in [1.82, 2.24) is 9.88 Å². The Hall–Kier alpha value is -0.940. The van der Waals surface area contributed by atoms with Crippen molar-refractivity contribution in [3.05, 3.63) is 15.6 Å². The van der Waals surface area contributed by atoms with E-state index in [4.69, 9.17) is 5.73 Å². The van der Waals surface area contributed by atoms with Crippen LogP contribution >= 0.6 is 11.3 Å². The molecule has 0 radical (unpaired) electrons. The molecule has 0 bridgehead atoms. The Kier molecular flexibility index (Phi) is 3.49. The zero-order valence-electron chi connectivity index (χ0n) is 10.6. The number of nitrogens with two attached hydrogens (primary N) is 1. The lowest BCUT2D eigenvalue weighted by Crippen LogP contribution is -2.45. The van der Waals surface area contributed by atoms with Gasteiger partial charge in [-0.2, -0.15) is 0 Å². The maximum absolute atomic E-state index is 12.2. The van der Waals surface area contributed by atoms with Crippen LogP contribution in [0.2, 0.25) is 0 Å². The number of hydrogen-bond donors (Lipinski definition) is 1. The van der Waals surface area contributed by atoms with Crippen molar-refractivity contribution in [2.45, 2.75) is 46.3 Å². The molecule has 0 aliphatic carbocycles. The van der Waals surface area contributed by atoms with Crippen LogP contribution in [-0.2, 0) is 17.9 Å². The highest BCUT2D eigenvalue weighted by Gasteiger charge is 2.31. The molecule has 0 unspecified atom stereocenters. The molecule has 17 heavy (non-hydrogen) atoms. The van der Waals surface area contributed by atoms with Gasteiger partial charge in [-0.25, -0.2) is 4.98 Å². The number of aryl methyl sites for hydroxylation is 1. The molecule has 4 nitrogen and oxygen atoms in total. The van der Waals surface area contributed by atoms with E-state index in [1.165, 1.54) is 4.88 Å². The first-order valence-corrected chi connectivity index (χ1v) is 6.84. The van der Waals surface area contributed by atoms with Crippen molar-refractivity contribution < 1.29 is 4.79 Å². The van der Waals surface area contributed by atoms with Gasteiger partial charge in [0, 0.05) is 4.88 Å². The second-order valence-electron chi connectivity index (χ2n) is 4.71. The SMILES string of the molecule is CC[C@@H](C)[C@H](N)C(=O)N1Cc2nc(C)sc2C1. The fraction of sp³-hybridized carbons (Fsp3) is 0.667. The summed E-state index contributed by atoms with van der Waals surface area (Å²) in [4.78, 5) is 19.6. The molecule has 1 aromatic rings. The zero-order valence-corrected chi connectivity index (χ0v) is 11.4. The summed E-state index contributed by atoms with van der Waals surface area (Å²) in [5.41, 5.74) is 7.03. The Balaban J connectivity index is 2.03. The Morgan fingerprint density at radius 3 is 2.88 bits per heavy atom. The zero-order chi connectivity index (χ0) is 12.6. The second-order valence-corrected chi connectivity index (χ2v) is 6.00. The third kappa shape index (κ3) is 2.35. The standard InChI is InChI=1S/C12H19N3OS/c1-4-7(2)11(13)12(16)15-5-9-10(6-15)17-8(3)14-9/h7,11H,4-6,13H2,1-3H3/t7-,11+/m1/s1. The Morgan fingerprint density at radius 2 is 2.29 bits per heavy atom. The van der Waals surface area contributed by atoms with Crippen molar-refractivity contribution >= 4 is 17.2 Å². The number of carbonyl (C=O) groups is 1. The average Bonchev–Trinajstić information content (AvgIpc) is 2.82. The lowest BCUT2D eigenvalue weighted by molar-refractivity contribution is -0.134. The van der Waals surface area contributed by atoms with E-state index in [2.05, 4.69) is 11.9 Å². The number of carbonyl (C=O) groups excluding carboxylic acids is 1. The van der Waals surface area contributed by atoms with Crippen LogP contribution in [0.5, 0.6) is 0 Å². The van der Waals surface area contributed by atoms with E-state index in [9.17, 15) is 4.79 Å². The quantitative estimate of drug-likeness (QED) is 0.891. The molecule has 2 atom stereocenters. The fourth-order valence-corrected chi connectivity index (χ4v) is 2.99. The maximum Gasteiger partial charge on any atom is 0.240 e. The molecule has 0 saturated heterocycles. The first kappa shape index (κ1) is 12.5. The van der Waals surface area contributed by atoms with Crippen LogP contribution in [0.25, 0.3) is 0 Å². The predicted molar refractivity (Wildman–Crippen MR) is 68.5 cm³/mol. The summed E-state index contributed by atoms with van der Waals surface area (Å²) in [6.07, 6.45) is 0.930. The highest BCUT2D eigenvalue weighted by molar-refractivity contribution is 7.11. The maximum atomic E-state index is 12.2. The lowest BCUT2D eigenvalue weighted by Gasteiger charge is -2.23. The summed E-state index contributed by atoms with van der Waals surface area (Å²) in [7, 11) is 0. The minimum absolute atomic E-state index is 0.0576. The molecule has 5 heteroatoms. The van der Waals surface area contributed by atoms with Crippen molar-refractivity contribution in [3.63, 3.8) is 0 Å². The van der Waals surface area contributed by atoms with Crippen LogP contribution in [0.15, 0.2) is 0 Å². The predicted octanol–water partition coefficient (Wildman–Crippen LogP) is 1.67. The minimum Gasteiger partial charge on any atom is -0.330 e. The number of hydrogen-bond acceptors (Lipinski definition) is 4. The van der Waals surface area contributed by atoms with E-state index in [-0.39, 0.29) is 17.9 Å². The number of aromatic nitrogens is 1. The molecule has 94 valence electrons. The van der Waals surface area contributed by atoms with Gasteiger partial charge in [0.2, 0.25) is 5.91 Å². The number of amides is 1. The van der Waals surface area contributed by atoms with Gasteiger partial charge in [-0.3, -0.25) is 4.79 Å². The van der Waals surface area contributed by atoms with Crippen molar-refractivity contribution in [1.29, 1.82) is 0 Å². The molecule has 2 rings (SSSR count). The number of fused-ring (bicyclic) bond motifs is 1. The Bertz CT molecular complexity index is 406. The van der Waals surface area contributed by atoms with E-state index in [1.807, 2.05) is 18.7 Å². The van der Waals surface area contributed by atoms with Crippen molar-refractivity contribution in [2.24, 2.45) is 11.7 Å². The van der Waals surface area contributed by atoms with Crippen molar-refractivity contribution in [3.8, 4) is 0 Å². The van der Waals surface area contributed by atoms with E-state index in [1.54, 1.807) is 11.3 Å². The minimum atomic E-state index is -0.380. The van der Waals surface area contributed by atoms with Crippen LogP contribution in [-0.4, -0.2) is 21.8 Å². The highest BCUT2D eigenvalue weighted by atomic mass is 32.1. The molecule has 1 aliphatic rings. The van der Waals surface area contributed by atoms with Gasteiger partial charge in [-0.15, -0.1) is 11.3 Å². The van der Waals surface area contributed by atoms with Gasteiger partial charge in [-0.1, -0.05) is 20.3 Å². The van der Waals surface area contributed by atoms with Crippen LogP contribution in [0, 0.1) is 12.8 Å². The summed E-state index contributed by atoms with van der Waals surface area (Å²) in [6, 6.07) is -0.380. The summed E-state index contributed by atoms with van der Waals surface area (Å²) >= 11 is 1.68. The first-order valence-electron chi connectivity index (χ1n) is 6.02. The monoisotopic (exact) mass is 253 g/mol. The molecule has 2 N–H and O–H groups in total. The van der Waals surface area contributed by atoms with Crippen LogP contribution in [0.4, 0.5) is 0 Å². The molecule has 2 heterocycles. The molecule has 1 aromatic heterocycles. The van der Waals surface area contributed by atoms with Crippen LogP contribution < -0.4 is 5.73 Å². The van der Waals surface area contributed by atoms with Crippen LogP contribution in [0.1, 0.15) is 35.8 Å². The van der Waals surface area contributed by atoms with E-state index >= 15 is 0 Å². The van der Waals surface area contributed by atoms with Gasteiger partial charge in [0.15, 0.2) is 0 Å². The Labute approximate surface area is 106 Å². The largest absolute Gasteiger partial charge is 0.330 e. The molecule has 0 spiro atoms. The average molecular weight is 253 g/mol. The molecular formula is C12H19N3OS. The van der Waals surface area contributed by atoms with Crippen LogP contribution in [0.3, 0.4) is 0 Å². The highest BCUT2D eigenvalue weighted by Crippen LogP contribution is 2.28. The smallest absolute Gasteiger partial charge is 0.240 e. The summed E-state index contributed by atoms with van der Waals surface area (Å²) in [5.74, 6) is 0.290. The number of nitrogens with zero attached hydrogens (tertiary/aromatic N) is 2. The molecular weight excluding hydrogens is 234 g/mol. The molecule has 1 aliphatic heterocycles. The fourth-order valence-electron chi connectivity index (χ4n) is 2.03. The third-order valence-corrected chi connectivity index (χ3v) is 4.41. The summed E-state index contributed by atoms with van der Waals surface area (Å²) in [6.45, 7) is 7.40. The van der Waals surface area contributed by atoms with Crippen molar-refractivity contribution in [2.75, 3.05) is 0 Å². The summed E-state index contributed by atoms with van der Waals surface area (Å²) in [5, 5.41) is 1.08. The lowest BCUT2D eigenvalue weighted by atomic mass is 9.99. The molecule has 0 fully saturated rings. The normalized spacial score (nSPS) is 18.0. The van der Waals surface area contributed by atoms with Gasteiger partial charge in [-0.05, 0) is 12.8 Å². The number of rotatable bonds is 3. The van der Waals surface area contributed by atoms with E-state index < -0.39 is 0 Å². The molecule has 1 amide bonds. The third-order valence-electron chi connectivity index (χ3n) is 3.41. The molecule has 0 aromatic carbocycles. The van der Waals surface area contributed by atoms with Gasteiger partial charge in [0.25, 0.3) is 0 Å². The van der Waals surface area contributed by atoms with Gasteiger partial charge < -0.3 is 10.6 Å². The topological polar surface area (TPSA) is 59.2 Å². The van der Waals surface area contributed by atoms with Gasteiger partial charge >= 0.3 is 0 Å². The van der Waals surface area contributed by atoms with Gasteiger partial charge in [0.1, 0.15) is 0 Å². The summed E-state index contributed by atoms with van der Waals surface area (Å²) < 4.78 is 0. The number of thiazole rings is 1. The second kappa shape index (κ2) is 4.74.